The van der Waals surface area contributed by atoms with Gasteiger partial charge in [0, 0.05) is 19.5 Å². The van der Waals surface area contributed by atoms with Gasteiger partial charge < -0.3 is 5.32 Å². The minimum atomic E-state index is -3.15. The molecule has 1 rings (SSSR count). The third kappa shape index (κ3) is 7.33. The molecule has 0 aliphatic heterocycles. The van der Waals surface area contributed by atoms with Gasteiger partial charge in [-0.1, -0.05) is 19.3 Å². The number of nitrogens with one attached hydrogen (secondary N) is 2. The van der Waals surface area contributed by atoms with Crippen molar-refractivity contribution in [3.05, 3.63) is 0 Å². The standard InChI is InChI=1S/C11H22N2O3S/c1-17(15,16)13-8-7-12-11(14)9-10-5-3-2-4-6-10/h10,13H,2-9H2,1H3,(H,12,14). The average Bonchev–Trinajstić information content (AvgIpc) is 2.25. The fourth-order valence-corrected chi connectivity index (χ4v) is 2.64. The Morgan fingerprint density at radius 1 is 1.18 bits per heavy atom. The Morgan fingerprint density at radius 2 is 1.82 bits per heavy atom. The van der Waals surface area contributed by atoms with E-state index in [1.165, 1.54) is 19.3 Å². The molecule has 1 amide bonds. The van der Waals surface area contributed by atoms with E-state index < -0.39 is 10.0 Å². The van der Waals surface area contributed by atoms with Crippen molar-refractivity contribution in [2.45, 2.75) is 38.5 Å². The first-order valence-electron chi connectivity index (χ1n) is 6.19. The van der Waals surface area contributed by atoms with Crippen molar-refractivity contribution in [1.82, 2.24) is 10.0 Å². The van der Waals surface area contributed by atoms with Gasteiger partial charge in [-0.3, -0.25) is 4.79 Å². The summed E-state index contributed by atoms with van der Waals surface area (Å²) >= 11 is 0. The average molecular weight is 262 g/mol. The quantitative estimate of drug-likeness (QED) is 0.689. The van der Waals surface area contributed by atoms with E-state index in [9.17, 15) is 13.2 Å². The summed E-state index contributed by atoms with van der Waals surface area (Å²) in [5.74, 6) is 0.554. The summed E-state index contributed by atoms with van der Waals surface area (Å²) < 4.78 is 23.9. The molecule has 5 nitrogen and oxygen atoms in total. The van der Waals surface area contributed by atoms with E-state index in [2.05, 4.69) is 10.0 Å². The maximum atomic E-state index is 11.5. The highest BCUT2D eigenvalue weighted by Gasteiger charge is 2.16. The van der Waals surface area contributed by atoms with Crippen LogP contribution >= 0.6 is 0 Å². The van der Waals surface area contributed by atoms with Gasteiger partial charge in [0.25, 0.3) is 0 Å². The monoisotopic (exact) mass is 262 g/mol. The highest BCUT2D eigenvalue weighted by atomic mass is 32.2. The van der Waals surface area contributed by atoms with Crippen molar-refractivity contribution in [2.75, 3.05) is 19.3 Å². The number of hydrogen-bond acceptors (Lipinski definition) is 3. The smallest absolute Gasteiger partial charge is 0.220 e. The Bertz CT molecular complexity index is 335. The maximum absolute atomic E-state index is 11.5. The van der Waals surface area contributed by atoms with Crippen LogP contribution < -0.4 is 10.0 Å². The van der Waals surface area contributed by atoms with E-state index in [1.54, 1.807) is 0 Å². The van der Waals surface area contributed by atoms with Gasteiger partial charge in [-0.05, 0) is 18.8 Å². The highest BCUT2D eigenvalue weighted by Crippen LogP contribution is 2.25. The molecular weight excluding hydrogens is 240 g/mol. The zero-order valence-electron chi connectivity index (χ0n) is 10.4. The zero-order valence-corrected chi connectivity index (χ0v) is 11.2. The van der Waals surface area contributed by atoms with Crippen LogP contribution in [0.4, 0.5) is 0 Å². The van der Waals surface area contributed by atoms with Gasteiger partial charge in [-0.15, -0.1) is 0 Å². The predicted octanol–water partition coefficient (Wildman–Crippen LogP) is 0.622. The molecule has 0 spiro atoms. The molecule has 17 heavy (non-hydrogen) atoms. The van der Waals surface area contributed by atoms with Crippen LogP contribution in [0, 0.1) is 5.92 Å². The van der Waals surface area contributed by atoms with E-state index in [4.69, 9.17) is 0 Å². The van der Waals surface area contributed by atoms with Crippen molar-refractivity contribution in [3.8, 4) is 0 Å². The summed E-state index contributed by atoms with van der Waals surface area (Å²) in [5, 5.41) is 2.74. The summed E-state index contributed by atoms with van der Waals surface area (Å²) in [6.45, 7) is 0.619. The van der Waals surface area contributed by atoms with Gasteiger partial charge in [0.15, 0.2) is 0 Å². The Labute approximate surface area is 103 Å². The van der Waals surface area contributed by atoms with Crippen LogP contribution in [0.5, 0.6) is 0 Å². The molecule has 0 bridgehead atoms. The second kappa shape index (κ2) is 6.96. The molecule has 1 saturated carbocycles. The molecule has 0 radical (unpaired) electrons. The van der Waals surface area contributed by atoms with Crippen LogP contribution in [0.2, 0.25) is 0 Å². The van der Waals surface area contributed by atoms with Gasteiger partial charge in [-0.2, -0.15) is 0 Å². The number of amides is 1. The van der Waals surface area contributed by atoms with Crippen LogP contribution in [-0.2, 0) is 14.8 Å². The lowest BCUT2D eigenvalue weighted by atomic mass is 9.87. The summed E-state index contributed by atoms with van der Waals surface area (Å²) in [5.41, 5.74) is 0. The molecule has 100 valence electrons. The summed E-state index contributed by atoms with van der Waals surface area (Å²) in [7, 11) is -3.15. The first-order chi connectivity index (χ1) is 7.97. The van der Waals surface area contributed by atoms with E-state index in [0.29, 0.717) is 18.9 Å². The number of sulfonamides is 1. The van der Waals surface area contributed by atoms with Crippen molar-refractivity contribution in [2.24, 2.45) is 5.92 Å². The molecular formula is C11H22N2O3S. The first kappa shape index (κ1) is 14.4. The van der Waals surface area contributed by atoms with Crippen LogP contribution in [0.15, 0.2) is 0 Å². The molecule has 1 fully saturated rings. The Balaban J connectivity index is 2.08. The van der Waals surface area contributed by atoms with E-state index >= 15 is 0 Å². The van der Waals surface area contributed by atoms with E-state index in [-0.39, 0.29) is 12.5 Å². The number of carbonyl (C=O) groups excluding carboxylic acids is 1. The van der Waals surface area contributed by atoms with Gasteiger partial charge >= 0.3 is 0 Å². The number of carbonyl (C=O) groups is 1. The lowest BCUT2D eigenvalue weighted by Crippen LogP contribution is -2.35. The molecule has 2 N–H and O–H groups in total. The number of rotatable bonds is 6. The van der Waals surface area contributed by atoms with Crippen LogP contribution in [-0.4, -0.2) is 33.7 Å². The van der Waals surface area contributed by atoms with Crippen molar-refractivity contribution >= 4 is 15.9 Å². The van der Waals surface area contributed by atoms with Crippen molar-refractivity contribution in [1.29, 1.82) is 0 Å². The molecule has 6 heteroatoms. The van der Waals surface area contributed by atoms with Crippen molar-refractivity contribution in [3.63, 3.8) is 0 Å². The van der Waals surface area contributed by atoms with Crippen LogP contribution in [0.3, 0.4) is 0 Å². The number of hydrogen-bond donors (Lipinski definition) is 2. The molecule has 0 aromatic heterocycles. The summed E-state index contributed by atoms with van der Waals surface area (Å²) in [4.78, 5) is 11.5. The van der Waals surface area contributed by atoms with Gasteiger partial charge in [0.2, 0.25) is 15.9 Å². The van der Waals surface area contributed by atoms with Crippen LogP contribution in [0.1, 0.15) is 38.5 Å². The van der Waals surface area contributed by atoms with E-state index in [1.807, 2.05) is 0 Å². The van der Waals surface area contributed by atoms with Crippen molar-refractivity contribution < 1.29 is 13.2 Å². The summed E-state index contributed by atoms with van der Waals surface area (Å²) in [6, 6.07) is 0. The largest absolute Gasteiger partial charge is 0.355 e. The molecule has 1 aliphatic rings. The highest BCUT2D eigenvalue weighted by molar-refractivity contribution is 7.88. The SMILES string of the molecule is CS(=O)(=O)NCCNC(=O)CC1CCCCC1. The molecule has 0 aromatic carbocycles. The second-order valence-corrected chi connectivity index (χ2v) is 6.56. The predicted molar refractivity (Wildman–Crippen MR) is 67.0 cm³/mol. The third-order valence-electron chi connectivity index (χ3n) is 3.01. The topological polar surface area (TPSA) is 75.3 Å². The first-order valence-corrected chi connectivity index (χ1v) is 8.08. The van der Waals surface area contributed by atoms with Crippen LogP contribution in [0.25, 0.3) is 0 Å². The van der Waals surface area contributed by atoms with Gasteiger partial charge in [0.05, 0.1) is 6.26 Å². The third-order valence-corrected chi connectivity index (χ3v) is 3.74. The molecule has 0 unspecified atom stereocenters. The van der Waals surface area contributed by atoms with Gasteiger partial charge in [-0.25, -0.2) is 13.1 Å². The lowest BCUT2D eigenvalue weighted by molar-refractivity contribution is -0.122. The van der Waals surface area contributed by atoms with Gasteiger partial charge in [0.1, 0.15) is 0 Å². The molecule has 1 aliphatic carbocycles. The van der Waals surface area contributed by atoms with E-state index in [0.717, 1.165) is 19.1 Å². The normalized spacial score (nSPS) is 17.9. The minimum Gasteiger partial charge on any atom is -0.355 e. The Kier molecular flexibility index (Phi) is 5.91. The Morgan fingerprint density at radius 3 is 2.41 bits per heavy atom. The lowest BCUT2D eigenvalue weighted by Gasteiger charge is -2.20. The minimum absolute atomic E-state index is 0.0344. The second-order valence-electron chi connectivity index (χ2n) is 4.72. The Hall–Kier alpha value is -0.620. The molecule has 0 aromatic rings. The fourth-order valence-electron chi connectivity index (χ4n) is 2.16. The molecule has 0 heterocycles. The zero-order chi connectivity index (χ0) is 12.7. The fraction of sp³-hybridized carbons (Fsp3) is 0.909. The molecule has 0 saturated heterocycles. The maximum Gasteiger partial charge on any atom is 0.220 e. The summed E-state index contributed by atoms with van der Waals surface area (Å²) in [6.07, 6.45) is 7.73. The molecule has 0 atom stereocenters.